The van der Waals surface area contributed by atoms with Gasteiger partial charge in [-0.15, -0.1) is 0 Å². The Morgan fingerprint density at radius 1 is 0.926 bits per heavy atom. The molecule has 2 aromatic rings. The molecular weight excluding hydrogens is 384 g/mol. The molecule has 1 aliphatic rings. The summed E-state index contributed by atoms with van der Waals surface area (Å²) in [6.45, 7) is 3.85. The minimum atomic E-state index is -3.29. The molecule has 6 heteroatoms. The van der Waals surface area contributed by atoms with Crippen molar-refractivity contribution >= 4 is 38.6 Å². The zero-order valence-corrected chi connectivity index (χ0v) is 17.0. The summed E-state index contributed by atoms with van der Waals surface area (Å²) in [7, 11) is -3.29. The predicted molar refractivity (Wildman–Crippen MR) is 107 cm³/mol. The number of rotatable bonds is 5. The van der Waals surface area contributed by atoms with E-state index >= 15 is 0 Å². The molecule has 4 nitrogen and oxygen atoms in total. The summed E-state index contributed by atoms with van der Waals surface area (Å²) in [5, 5.41) is 0.585. The van der Waals surface area contributed by atoms with Crippen LogP contribution in [0.5, 0.6) is 0 Å². The number of halogens is 1. The van der Waals surface area contributed by atoms with Crippen LogP contribution in [0.15, 0.2) is 53.4 Å². The Kier molecular flexibility index (Phi) is 5.19. The van der Waals surface area contributed by atoms with Gasteiger partial charge in [-0.1, -0.05) is 37.6 Å². The van der Waals surface area contributed by atoms with E-state index in [0.29, 0.717) is 34.8 Å². The van der Waals surface area contributed by atoms with Gasteiger partial charge in [0.25, 0.3) is 0 Å². The number of benzene rings is 2. The smallest absolute Gasteiger partial charge is 0.210 e. The number of ketones is 1. The van der Waals surface area contributed by atoms with E-state index in [1.165, 1.54) is 12.1 Å². The molecule has 0 amide bonds. The first-order valence-electron chi connectivity index (χ1n) is 8.76. The molecule has 0 bridgehead atoms. The van der Waals surface area contributed by atoms with E-state index in [0.717, 1.165) is 11.8 Å². The summed E-state index contributed by atoms with van der Waals surface area (Å²) >= 11 is 5.99. The Hall–Kier alpha value is -2.11. The molecule has 0 aromatic heterocycles. The molecule has 142 valence electrons. The lowest BCUT2D eigenvalue weighted by Crippen LogP contribution is -2.35. The summed E-state index contributed by atoms with van der Waals surface area (Å²) < 4.78 is 29.7. The van der Waals surface area contributed by atoms with Crippen LogP contribution in [-0.2, 0) is 19.4 Å². The molecule has 0 radical (unpaired) electrons. The fourth-order valence-corrected chi connectivity index (χ4v) is 4.03. The molecule has 0 N–H and O–H groups in total. The number of sulfone groups is 1. The molecule has 0 spiro atoms. The van der Waals surface area contributed by atoms with Gasteiger partial charge in [-0.25, -0.2) is 8.42 Å². The molecule has 0 fully saturated rings. The third-order valence-corrected chi connectivity index (χ3v) is 6.37. The largest absolute Gasteiger partial charge is 0.478 e. The first kappa shape index (κ1) is 19.6. The predicted octanol–water partition coefficient (Wildman–Crippen LogP) is 4.77. The molecule has 0 atom stereocenters. The topological polar surface area (TPSA) is 60.4 Å². The molecule has 0 saturated carbocycles. The molecule has 0 unspecified atom stereocenters. The first-order chi connectivity index (χ1) is 12.7. The second-order valence-electron chi connectivity index (χ2n) is 6.64. The summed E-state index contributed by atoms with van der Waals surface area (Å²) in [6, 6.07) is 13.5. The van der Waals surface area contributed by atoms with Crippen LogP contribution < -0.4 is 0 Å². The summed E-state index contributed by atoms with van der Waals surface area (Å²) in [4.78, 5) is 13.5. The second kappa shape index (κ2) is 7.13. The molecule has 0 saturated heterocycles. The van der Waals surface area contributed by atoms with E-state index in [1.807, 2.05) is 13.8 Å². The molecule has 0 aliphatic carbocycles. The lowest BCUT2D eigenvalue weighted by Gasteiger charge is -2.25. The number of Topliss-reactive ketones (excluding diaryl/α,β-unsaturated/α-hetero) is 1. The van der Waals surface area contributed by atoms with Gasteiger partial charge >= 0.3 is 0 Å². The maximum atomic E-state index is 13.3. The van der Waals surface area contributed by atoms with E-state index in [4.69, 9.17) is 16.3 Å². The van der Waals surface area contributed by atoms with Crippen molar-refractivity contribution in [2.24, 2.45) is 0 Å². The van der Waals surface area contributed by atoms with Gasteiger partial charge in [0.1, 0.15) is 5.76 Å². The molecule has 1 heterocycles. The Balaban J connectivity index is 2.17. The highest BCUT2D eigenvalue weighted by Gasteiger charge is 2.47. The van der Waals surface area contributed by atoms with Crippen LogP contribution in [0, 0.1) is 0 Å². The van der Waals surface area contributed by atoms with Gasteiger partial charge in [0.15, 0.2) is 15.4 Å². The zero-order chi connectivity index (χ0) is 19.8. The molecule has 2 aromatic carbocycles. The number of hydrogen-bond acceptors (Lipinski definition) is 4. The van der Waals surface area contributed by atoms with Gasteiger partial charge in [-0.05, 0) is 54.8 Å². The van der Waals surface area contributed by atoms with Crippen molar-refractivity contribution in [3.05, 3.63) is 64.7 Å². The molecule has 27 heavy (non-hydrogen) atoms. The van der Waals surface area contributed by atoms with Gasteiger partial charge < -0.3 is 4.74 Å². The van der Waals surface area contributed by atoms with E-state index < -0.39 is 15.4 Å². The van der Waals surface area contributed by atoms with E-state index in [1.54, 1.807) is 36.4 Å². The third kappa shape index (κ3) is 3.54. The van der Waals surface area contributed by atoms with Gasteiger partial charge in [0.2, 0.25) is 5.78 Å². The van der Waals surface area contributed by atoms with Crippen molar-refractivity contribution in [1.82, 2.24) is 0 Å². The van der Waals surface area contributed by atoms with Crippen molar-refractivity contribution in [2.45, 2.75) is 37.2 Å². The van der Waals surface area contributed by atoms with Gasteiger partial charge in [-0.3, -0.25) is 4.79 Å². The van der Waals surface area contributed by atoms with Crippen LogP contribution in [0.2, 0.25) is 5.02 Å². The number of hydrogen-bond donors (Lipinski definition) is 0. The van der Waals surface area contributed by atoms with Crippen LogP contribution >= 0.6 is 11.6 Å². The number of carbonyl (C=O) groups is 1. The normalized spacial score (nSPS) is 16.5. The monoisotopic (exact) mass is 404 g/mol. The van der Waals surface area contributed by atoms with Gasteiger partial charge in [0.05, 0.1) is 10.5 Å². The lowest BCUT2D eigenvalue weighted by molar-refractivity contribution is -0.128. The van der Waals surface area contributed by atoms with E-state index in [2.05, 4.69) is 0 Å². The number of carbonyl (C=O) groups excluding carboxylic acids is 1. The SMILES string of the molecule is CCC1(CC)OC(c2ccc(S(C)(=O)=O)cc2)=C(c2ccc(Cl)cc2)C1=O. The Morgan fingerprint density at radius 2 is 1.44 bits per heavy atom. The van der Waals surface area contributed by atoms with Crippen LogP contribution in [0.3, 0.4) is 0 Å². The standard InChI is InChI=1S/C21H21ClO4S/c1-4-21(5-2)20(23)18(14-6-10-16(22)11-7-14)19(26-21)15-8-12-17(13-9-15)27(3,24)25/h6-13H,4-5H2,1-3H3. The van der Waals surface area contributed by atoms with Crippen LogP contribution in [0.1, 0.15) is 37.8 Å². The van der Waals surface area contributed by atoms with Crippen molar-refractivity contribution in [1.29, 1.82) is 0 Å². The average molecular weight is 405 g/mol. The third-order valence-electron chi connectivity index (χ3n) is 4.99. The van der Waals surface area contributed by atoms with Crippen molar-refractivity contribution in [2.75, 3.05) is 6.26 Å². The fourth-order valence-electron chi connectivity index (χ4n) is 3.27. The van der Waals surface area contributed by atoms with E-state index in [-0.39, 0.29) is 10.7 Å². The summed E-state index contributed by atoms with van der Waals surface area (Å²) in [5.41, 5.74) is 1.00. The second-order valence-corrected chi connectivity index (χ2v) is 9.09. The molecule has 3 rings (SSSR count). The minimum absolute atomic E-state index is 0.0583. The van der Waals surface area contributed by atoms with Gasteiger partial charge in [-0.2, -0.15) is 0 Å². The zero-order valence-electron chi connectivity index (χ0n) is 15.5. The number of ether oxygens (including phenoxy) is 1. The fraction of sp³-hybridized carbons (Fsp3) is 0.286. The van der Waals surface area contributed by atoms with Crippen molar-refractivity contribution in [3.8, 4) is 0 Å². The van der Waals surface area contributed by atoms with Crippen LogP contribution in [0.4, 0.5) is 0 Å². The van der Waals surface area contributed by atoms with Crippen molar-refractivity contribution in [3.63, 3.8) is 0 Å². The lowest BCUT2D eigenvalue weighted by atomic mass is 9.87. The quantitative estimate of drug-likeness (QED) is 0.720. The summed E-state index contributed by atoms with van der Waals surface area (Å²) in [6.07, 6.45) is 2.25. The maximum Gasteiger partial charge on any atom is 0.210 e. The van der Waals surface area contributed by atoms with Crippen molar-refractivity contribution < 1.29 is 17.9 Å². The Morgan fingerprint density at radius 3 is 1.93 bits per heavy atom. The first-order valence-corrected chi connectivity index (χ1v) is 11.0. The highest BCUT2D eigenvalue weighted by Crippen LogP contribution is 2.44. The average Bonchev–Trinajstić information content (AvgIpc) is 2.95. The Bertz CT molecular complexity index is 999. The summed E-state index contributed by atoms with van der Waals surface area (Å²) in [5.74, 6) is 0.420. The van der Waals surface area contributed by atoms with Gasteiger partial charge in [0, 0.05) is 16.8 Å². The van der Waals surface area contributed by atoms with Crippen LogP contribution in [-0.4, -0.2) is 26.1 Å². The highest BCUT2D eigenvalue weighted by molar-refractivity contribution is 7.90. The minimum Gasteiger partial charge on any atom is -0.478 e. The van der Waals surface area contributed by atoms with Crippen LogP contribution in [0.25, 0.3) is 11.3 Å². The molecule has 1 aliphatic heterocycles. The maximum absolute atomic E-state index is 13.3. The Labute approximate surface area is 164 Å². The highest BCUT2D eigenvalue weighted by atomic mass is 35.5. The van der Waals surface area contributed by atoms with E-state index in [9.17, 15) is 13.2 Å². The molecular formula is C21H21ClO4S.